The van der Waals surface area contributed by atoms with Gasteiger partial charge in [0.2, 0.25) is 5.91 Å². The molecule has 4 N–H and O–H groups in total. The molecular formula is C33H35N7O3S. The third-order valence-electron chi connectivity index (χ3n) is 8.14. The van der Waals surface area contributed by atoms with Gasteiger partial charge < -0.3 is 19.9 Å². The number of aryl methyl sites for hydroxylation is 1. The van der Waals surface area contributed by atoms with E-state index >= 15 is 0 Å². The quantitative estimate of drug-likeness (QED) is 0.213. The van der Waals surface area contributed by atoms with Crippen LogP contribution in [0.4, 0.5) is 11.5 Å². The Labute approximate surface area is 259 Å². The van der Waals surface area contributed by atoms with Gasteiger partial charge in [0.1, 0.15) is 17.3 Å². The molecule has 2 aromatic carbocycles. The number of methoxy groups -OCH3 is 1. The maximum absolute atomic E-state index is 13.0. The minimum Gasteiger partial charge on any atom is -0.494 e. The molecule has 10 nitrogen and oxygen atoms in total. The highest BCUT2D eigenvalue weighted by Crippen LogP contribution is 2.41. The number of piperazine rings is 1. The number of pyridine rings is 1. The Balaban J connectivity index is 1.18. The van der Waals surface area contributed by atoms with Gasteiger partial charge in [-0.25, -0.2) is 4.98 Å². The zero-order valence-electron chi connectivity index (χ0n) is 25.0. The van der Waals surface area contributed by atoms with Crippen molar-refractivity contribution in [3.05, 3.63) is 77.4 Å². The van der Waals surface area contributed by atoms with E-state index in [2.05, 4.69) is 38.3 Å². The molecule has 6 rings (SSSR count). The van der Waals surface area contributed by atoms with Gasteiger partial charge in [-0.15, -0.1) is 11.3 Å². The lowest BCUT2D eigenvalue weighted by Gasteiger charge is -2.33. The molecular weight excluding hydrogens is 574 g/mol. The van der Waals surface area contributed by atoms with Gasteiger partial charge in [-0.2, -0.15) is 0 Å². The number of rotatable bonds is 8. The highest BCUT2D eigenvalue weighted by Gasteiger charge is 2.19. The predicted molar refractivity (Wildman–Crippen MR) is 178 cm³/mol. The number of para-hydroxylation sites is 1. The van der Waals surface area contributed by atoms with Gasteiger partial charge in [0.25, 0.3) is 5.91 Å². The number of hydrogen-bond acceptors (Lipinski definition) is 8. The molecule has 0 aliphatic carbocycles. The summed E-state index contributed by atoms with van der Waals surface area (Å²) in [5.74, 6) is 0.927. The summed E-state index contributed by atoms with van der Waals surface area (Å²) in [6, 6.07) is 15.5. The van der Waals surface area contributed by atoms with E-state index in [9.17, 15) is 9.59 Å². The van der Waals surface area contributed by atoms with E-state index in [4.69, 9.17) is 10.5 Å². The Hall–Kier alpha value is -4.87. The van der Waals surface area contributed by atoms with E-state index in [1.165, 1.54) is 0 Å². The van der Waals surface area contributed by atoms with E-state index in [1.807, 2.05) is 71.2 Å². The van der Waals surface area contributed by atoms with Gasteiger partial charge in [-0.3, -0.25) is 25.3 Å². The Morgan fingerprint density at radius 3 is 2.66 bits per heavy atom. The highest BCUT2D eigenvalue weighted by molar-refractivity contribution is 7.18. The van der Waals surface area contributed by atoms with Crippen LogP contribution in [0.5, 0.6) is 5.75 Å². The average Bonchev–Trinajstić information content (AvgIpc) is 3.64. The van der Waals surface area contributed by atoms with Crippen molar-refractivity contribution in [2.45, 2.75) is 6.92 Å². The molecule has 11 heteroatoms. The summed E-state index contributed by atoms with van der Waals surface area (Å²) < 4.78 is 8.62. The zero-order valence-corrected chi connectivity index (χ0v) is 25.8. The maximum atomic E-state index is 13.0. The third kappa shape index (κ3) is 5.71. The van der Waals surface area contributed by atoms with Crippen LogP contribution in [0, 0.1) is 0 Å². The Morgan fingerprint density at radius 1 is 1.11 bits per heavy atom. The van der Waals surface area contributed by atoms with E-state index in [0.717, 1.165) is 70.4 Å². The number of fused-ring (bicyclic) bond motifs is 2. The van der Waals surface area contributed by atoms with Gasteiger partial charge >= 0.3 is 0 Å². The molecule has 0 atom stereocenters. The molecule has 1 fully saturated rings. The van der Waals surface area contributed by atoms with Gasteiger partial charge in [0.05, 0.1) is 12.8 Å². The molecule has 0 unspecified atom stereocenters. The molecule has 5 aromatic rings. The van der Waals surface area contributed by atoms with Crippen LogP contribution >= 0.6 is 11.3 Å². The second-order valence-electron chi connectivity index (χ2n) is 10.8. The van der Waals surface area contributed by atoms with Crippen molar-refractivity contribution in [3.63, 3.8) is 0 Å². The number of hydrazine groups is 1. The van der Waals surface area contributed by atoms with Crippen molar-refractivity contribution in [1.82, 2.24) is 24.8 Å². The lowest BCUT2D eigenvalue weighted by Crippen LogP contribution is -2.47. The number of nitrogens with one attached hydrogen (secondary N) is 2. The van der Waals surface area contributed by atoms with Crippen molar-refractivity contribution in [3.8, 4) is 16.9 Å². The molecule has 4 heterocycles. The smallest absolute Gasteiger partial charge is 0.286 e. The monoisotopic (exact) mass is 609 g/mol. The number of thiophene rings is 1. The Kier molecular flexibility index (Phi) is 8.23. The number of nitrogens with zero attached hydrogens (tertiary/aromatic N) is 4. The maximum Gasteiger partial charge on any atom is 0.286 e. The van der Waals surface area contributed by atoms with E-state index in [0.29, 0.717) is 22.9 Å². The second kappa shape index (κ2) is 12.4. The molecule has 1 aliphatic heterocycles. The van der Waals surface area contributed by atoms with Crippen molar-refractivity contribution in [1.29, 1.82) is 0 Å². The molecule has 1 saturated heterocycles. The Morgan fingerprint density at radius 2 is 1.91 bits per heavy atom. The summed E-state index contributed by atoms with van der Waals surface area (Å²) in [5, 5.41) is 3.99. The Bertz CT molecular complexity index is 1890. The van der Waals surface area contributed by atoms with Crippen LogP contribution in [-0.2, 0) is 11.8 Å². The normalized spacial score (nSPS) is 14.0. The number of aromatic nitrogens is 2. The molecule has 1 aliphatic rings. The number of ether oxygens (including phenoxy) is 1. The minimum atomic E-state index is -0.253. The lowest BCUT2D eigenvalue weighted by molar-refractivity contribution is -0.130. The van der Waals surface area contributed by atoms with E-state index in [-0.39, 0.29) is 11.8 Å². The molecule has 226 valence electrons. The van der Waals surface area contributed by atoms with E-state index < -0.39 is 0 Å². The largest absolute Gasteiger partial charge is 0.494 e. The molecule has 0 saturated carbocycles. The SMILES string of the molecule is COc1cc(-c2csc3c(/C=C/CN4CCN(C(C)=O)CC4)cnc(N)c23)ccc1NNC(=O)c1cc2ccccc2n1C. The summed E-state index contributed by atoms with van der Waals surface area (Å²) in [6.07, 6.45) is 6.05. The van der Waals surface area contributed by atoms with Gasteiger partial charge in [0, 0.05) is 85.0 Å². The van der Waals surface area contributed by atoms with Crippen molar-refractivity contribution < 1.29 is 14.3 Å². The summed E-state index contributed by atoms with van der Waals surface area (Å²) in [4.78, 5) is 33.3. The number of carbonyl (C=O) groups excluding carboxylic acids is 2. The summed E-state index contributed by atoms with van der Waals surface area (Å²) >= 11 is 1.63. The van der Waals surface area contributed by atoms with E-state index in [1.54, 1.807) is 25.4 Å². The van der Waals surface area contributed by atoms with Crippen molar-refractivity contribution in [2.24, 2.45) is 7.05 Å². The number of amides is 2. The standard InChI is InChI=1S/C33H35N7O3S/c1-21(41)40-15-13-39(14-16-40)12-6-8-24-19-35-32(34)30-25(20-44-31(24)30)22-10-11-26(29(18-22)43-3)36-37-33(42)28-17-23-7-4-5-9-27(23)38(28)2/h4-11,17-20,36H,12-16H2,1-3H3,(H2,34,35)(H,37,42)/b8-6+. The van der Waals surface area contributed by atoms with Crippen LogP contribution in [0.2, 0.25) is 0 Å². The lowest BCUT2D eigenvalue weighted by atomic mass is 10.0. The molecule has 0 spiro atoms. The fourth-order valence-corrected chi connectivity index (χ4v) is 6.73. The topological polar surface area (TPSA) is 118 Å². The molecule has 0 bridgehead atoms. The number of nitrogens with two attached hydrogens (primary N) is 1. The van der Waals surface area contributed by atoms with Crippen LogP contribution in [0.1, 0.15) is 23.0 Å². The zero-order chi connectivity index (χ0) is 30.8. The average molecular weight is 610 g/mol. The van der Waals surface area contributed by atoms with Crippen molar-refractivity contribution in [2.75, 3.05) is 51.0 Å². The first-order valence-electron chi connectivity index (χ1n) is 14.4. The third-order valence-corrected chi connectivity index (χ3v) is 9.17. The highest BCUT2D eigenvalue weighted by atomic mass is 32.1. The van der Waals surface area contributed by atoms with Crippen LogP contribution in [0.3, 0.4) is 0 Å². The van der Waals surface area contributed by atoms with Crippen LogP contribution < -0.4 is 21.3 Å². The molecule has 2 amide bonds. The summed E-state index contributed by atoms with van der Waals surface area (Å²) in [6.45, 7) is 5.68. The number of benzene rings is 2. The van der Waals surface area contributed by atoms with Gasteiger partial charge in [-0.05, 0) is 35.2 Å². The fraction of sp³-hybridized carbons (Fsp3) is 0.242. The van der Waals surface area contributed by atoms with Crippen molar-refractivity contribution >= 4 is 61.7 Å². The summed E-state index contributed by atoms with van der Waals surface area (Å²) in [7, 11) is 3.47. The van der Waals surface area contributed by atoms with Crippen LogP contribution in [-0.4, -0.2) is 71.0 Å². The number of carbonyl (C=O) groups is 2. The molecule has 3 aromatic heterocycles. The first kappa shape index (κ1) is 29.2. The molecule has 44 heavy (non-hydrogen) atoms. The van der Waals surface area contributed by atoms with Crippen LogP contribution in [0.25, 0.3) is 38.2 Å². The van der Waals surface area contributed by atoms with Gasteiger partial charge in [0.15, 0.2) is 0 Å². The second-order valence-corrected chi connectivity index (χ2v) is 11.7. The summed E-state index contributed by atoms with van der Waals surface area (Å²) in [5.41, 5.74) is 17.3. The van der Waals surface area contributed by atoms with Crippen LogP contribution in [0.15, 0.2) is 66.2 Å². The number of hydrogen-bond donors (Lipinski definition) is 3. The molecule has 0 radical (unpaired) electrons. The first-order chi connectivity index (χ1) is 21.3. The fourth-order valence-electron chi connectivity index (χ4n) is 5.65. The number of nitrogen functional groups attached to an aromatic ring is 1. The minimum absolute atomic E-state index is 0.135. The van der Waals surface area contributed by atoms with Gasteiger partial charge in [-0.1, -0.05) is 36.4 Å². The predicted octanol–water partition coefficient (Wildman–Crippen LogP) is 4.98. The first-order valence-corrected chi connectivity index (χ1v) is 15.3. The number of anilines is 2.